The van der Waals surface area contributed by atoms with Gasteiger partial charge in [-0.05, 0) is 33.6 Å². The number of benzene rings is 1. The highest BCUT2D eigenvalue weighted by molar-refractivity contribution is 9.10. The Bertz CT molecular complexity index is 528. The number of aromatic nitrogens is 2. The second-order valence-electron chi connectivity index (χ2n) is 3.39. The van der Waals surface area contributed by atoms with Gasteiger partial charge in [0.15, 0.2) is 0 Å². The molecule has 0 aliphatic carbocycles. The number of nitrogens with zero attached hydrogens (tertiary/aromatic N) is 3. The van der Waals surface area contributed by atoms with Crippen molar-refractivity contribution in [3.63, 3.8) is 0 Å². The number of hydrogen-bond donors (Lipinski definition) is 1. The van der Waals surface area contributed by atoms with E-state index in [1.807, 2.05) is 12.1 Å². The van der Waals surface area contributed by atoms with Crippen LogP contribution in [0.1, 0.15) is 11.1 Å². The summed E-state index contributed by atoms with van der Waals surface area (Å²) in [4.78, 5) is 8.21. The second-order valence-corrected chi connectivity index (χ2v) is 4.30. The maximum atomic E-state index is 8.67. The van der Waals surface area contributed by atoms with E-state index in [-0.39, 0.29) is 0 Å². The van der Waals surface area contributed by atoms with E-state index in [2.05, 4.69) is 37.3 Å². The Labute approximate surface area is 107 Å². The first-order valence-electron chi connectivity index (χ1n) is 4.98. The zero-order valence-electron chi connectivity index (χ0n) is 8.89. The lowest BCUT2D eigenvalue weighted by molar-refractivity contribution is 1.05. The molecule has 0 aliphatic rings. The maximum absolute atomic E-state index is 8.67. The molecule has 0 fully saturated rings. The molecule has 17 heavy (non-hydrogen) atoms. The molecule has 1 aromatic carbocycles. The summed E-state index contributed by atoms with van der Waals surface area (Å²) in [5.41, 5.74) is 1.74. The fourth-order valence-electron chi connectivity index (χ4n) is 1.28. The Balaban J connectivity index is 1.98. The van der Waals surface area contributed by atoms with Gasteiger partial charge in [-0.3, -0.25) is 0 Å². The van der Waals surface area contributed by atoms with Crippen molar-refractivity contribution in [2.24, 2.45) is 0 Å². The Morgan fingerprint density at radius 2 is 1.82 bits per heavy atom. The molecule has 0 atom stereocenters. The zero-order chi connectivity index (χ0) is 12.1. The van der Waals surface area contributed by atoms with Crippen LogP contribution >= 0.6 is 15.9 Å². The smallest absolute Gasteiger partial charge is 0.222 e. The Kier molecular flexibility index (Phi) is 3.68. The highest BCUT2D eigenvalue weighted by Gasteiger charge is 1.97. The number of halogens is 1. The SMILES string of the molecule is N#Cc1ccc(CNc2ncc(Br)cn2)cc1. The van der Waals surface area contributed by atoms with Crippen LogP contribution in [-0.2, 0) is 6.54 Å². The van der Waals surface area contributed by atoms with Crippen LogP contribution in [0.25, 0.3) is 0 Å². The van der Waals surface area contributed by atoms with Crippen molar-refractivity contribution < 1.29 is 0 Å². The van der Waals surface area contributed by atoms with E-state index in [0.29, 0.717) is 18.1 Å². The fourth-order valence-corrected chi connectivity index (χ4v) is 1.49. The van der Waals surface area contributed by atoms with Crippen molar-refractivity contribution in [2.75, 3.05) is 5.32 Å². The van der Waals surface area contributed by atoms with E-state index in [9.17, 15) is 0 Å². The predicted molar refractivity (Wildman–Crippen MR) is 68.2 cm³/mol. The third-order valence-electron chi connectivity index (χ3n) is 2.15. The van der Waals surface area contributed by atoms with Crippen LogP contribution in [-0.4, -0.2) is 9.97 Å². The Morgan fingerprint density at radius 3 is 2.41 bits per heavy atom. The molecule has 0 aliphatic heterocycles. The van der Waals surface area contributed by atoms with E-state index in [1.165, 1.54) is 0 Å². The Hall–Kier alpha value is -1.93. The third kappa shape index (κ3) is 3.26. The largest absolute Gasteiger partial charge is 0.350 e. The average molecular weight is 289 g/mol. The molecule has 1 N–H and O–H groups in total. The van der Waals surface area contributed by atoms with Gasteiger partial charge < -0.3 is 5.32 Å². The number of nitrogens with one attached hydrogen (secondary N) is 1. The molecule has 5 heteroatoms. The summed E-state index contributed by atoms with van der Waals surface area (Å²) in [5.74, 6) is 0.581. The van der Waals surface area contributed by atoms with Gasteiger partial charge in [0.1, 0.15) is 0 Å². The summed E-state index contributed by atoms with van der Waals surface area (Å²) in [6.45, 7) is 0.632. The molecule has 0 unspecified atom stereocenters. The van der Waals surface area contributed by atoms with E-state index in [1.54, 1.807) is 24.5 Å². The summed E-state index contributed by atoms with van der Waals surface area (Å²) in [6.07, 6.45) is 3.38. The molecule has 2 aromatic rings. The molecule has 0 spiro atoms. The molecule has 4 nitrogen and oxygen atoms in total. The predicted octanol–water partition coefficient (Wildman–Crippen LogP) is 2.72. The van der Waals surface area contributed by atoms with E-state index < -0.39 is 0 Å². The van der Waals surface area contributed by atoms with E-state index >= 15 is 0 Å². The lowest BCUT2D eigenvalue weighted by Crippen LogP contribution is -2.02. The van der Waals surface area contributed by atoms with Crippen LogP contribution in [0.2, 0.25) is 0 Å². The molecule has 0 saturated carbocycles. The third-order valence-corrected chi connectivity index (χ3v) is 2.56. The van der Waals surface area contributed by atoms with Gasteiger partial charge in [0.25, 0.3) is 0 Å². The van der Waals surface area contributed by atoms with Gasteiger partial charge in [-0.2, -0.15) is 5.26 Å². The molecule has 1 heterocycles. The van der Waals surface area contributed by atoms with Crippen LogP contribution in [0.3, 0.4) is 0 Å². The molecule has 84 valence electrons. The monoisotopic (exact) mass is 288 g/mol. The van der Waals surface area contributed by atoms with Crippen LogP contribution in [0, 0.1) is 11.3 Å². The Morgan fingerprint density at radius 1 is 1.18 bits per heavy atom. The number of nitriles is 1. The quantitative estimate of drug-likeness (QED) is 0.943. The van der Waals surface area contributed by atoms with Gasteiger partial charge in [-0.25, -0.2) is 9.97 Å². The lowest BCUT2D eigenvalue weighted by atomic mass is 10.1. The highest BCUT2D eigenvalue weighted by Crippen LogP contribution is 2.08. The van der Waals surface area contributed by atoms with Crippen LogP contribution in [0.4, 0.5) is 5.95 Å². The summed E-state index contributed by atoms with van der Waals surface area (Å²) in [6, 6.07) is 9.48. The highest BCUT2D eigenvalue weighted by atomic mass is 79.9. The summed E-state index contributed by atoms with van der Waals surface area (Å²) < 4.78 is 0.849. The van der Waals surface area contributed by atoms with Crippen molar-refractivity contribution >= 4 is 21.9 Å². The average Bonchev–Trinajstić information content (AvgIpc) is 2.39. The normalized spacial score (nSPS) is 9.65. The van der Waals surface area contributed by atoms with Crippen molar-refractivity contribution in [3.8, 4) is 6.07 Å². The van der Waals surface area contributed by atoms with Crippen LogP contribution in [0.15, 0.2) is 41.1 Å². The molecule has 2 rings (SSSR count). The summed E-state index contributed by atoms with van der Waals surface area (Å²) >= 11 is 3.27. The number of hydrogen-bond acceptors (Lipinski definition) is 4. The molecule has 1 aromatic heterocycles. The molecular weight excluding hydrogens is 280 g/mol. The van der Waals surface area contributed by atoms with Crippen molar-refractivity contribution in [1.29, 1.82) is 5.26 Å². The standard InChI is InChI=1S/C12H9BrN4/c13-11-7-16-12(17-8-11)15-6-10-3-1-9(5-14)2-4-10/h1-4,7-8H,6H2,(H,15,16,17). The minimum Gasteiger partial charge on any atom is -0.350 e. The van der Waals surface area contributed by atoms with Crippen LogP contribution < -0.4 is 5.32 Å². The first-order valence-corrected chi connectivity index (χ1v) is 5.78. The van der Waals surface area contributed by atoms with Gasteiger partial charge in [-0.15, -0.1) is 0 Å². The van der Waals surface area contributed by atoms with E-state index in [0.717, 1.165) is 10.0 Å². The summed E-state index contributed by atoms with van der Waals surface area (Å²) in [5, 5.41) is 11.8. The molecule has 0 radical (unpaired) electrons. The van der Waals surface area contributed by atoms with Gasteiger partial charge in [0.2, 0.25) is 5.95 Å². The van der Waals surface area contributed by atoms with Crippen molar-refractivity contribution in [3.05, 3.63) is 52.3 Å². The van der Waals surface area contributed by atoms with Gasteiger partial charge >= 0.3 is 0 Å². The summed E-state index contributed by atoms with van der Waals surface area (Å²) in [7, 11) is 0. The number of rotatable bonds is 3. The van der Waals surface area contributed by atoms with Gasteiger partial charge in [0, 0.05) is 18.9 Å². The lowest BCUT2D eigenvalue weighted by Gasteiger charge is -2.04. The van der Waals surface area contributed by atoms with Crippen molar-refractivity contribution in [2.45, 2.75) is 6.54 Å². The molecular formula is C12H9BrN4. The van der Waals surface area contributed by atoms with Gasteiger partial charge in [0.05, 0.1) is 16.1 Å². The topological polar surface area (TPSA) is 61.6 Å². The minimum absolute atomic E-state index is 0.581. The minimum atomic E-state index is 0.581. The fraction of sp³-hybridized carbons (Fsp3) is 0.0833. The first kappa shape index (κ1) is 11.6. The van der Waals surface area contributed by atoms with Gasteiger partial charge in [-0.1, -0.05) is 12.1 Å². The van der Waals surface area contributed by atoms with Crippen LogP contribution in [0.5, 0.6) is 0 Å². The van der Waals surface area contributed by atoms with Crippen molar-refractivity contribution in [1.82, 2.24) is 9.97 Å². The molecule has 0 saturated heterocycles. The second kappa shape index (κ2) is 5.41. The molecule has 0 amide bonds. The first-order chi connectivity index (χ1) is 8.28. The maximum Gasteiger partial charge on any atom is 0.222 e. The molecule has 0 bridgehead atoms. The zero-order valence-corrected chi connectivity index (χ0v) is 10.5. The number of anilines is 1. The van der Waals surface area contributed by atoms with E-state index in [4.69, 9.17) is 5.26 Å².